The minimum atomic E-state index is -0.170. The van der Waals surface area contributed by atoms with E-state index in [1.807, 2.05) is 31.2 Å². The smallest absolute Gasteiger partial charge is 0.126 e. The molecule has 2 aromatic rings. The number of hydrogen-bond donors (Lipinski definition) is 1. The Hall–Kier alpha value is -1.83. The maximum atomic E-state index is 13.2. The molecule has 0 unspecified atom stereocenters. The topological polar surface area (TPSA) is 26.0 Å². The van der Waals surface area contributed by atoms with E-state index in [0.29, 0.717) is 5.56 Å². The Morgan fingerprint density at radius 3 is 2.31 bits per heavy atom. The number of benzene rings is 2. The van der Waals surface area contributed by atoms with Crippen molar-refractivity contribution in [2.24, 2.45) is 0 Å². The molecule has 0 aliphatic heterocycles. The minimum absolute atomic E-state index is 0.170. The molecule has 1 nitrogen and oxygen atoms in total. The van der Waals surface area contributed by atoms with Crippen molar-refractivity contribution in [1.82, 2.24) is 0 Å². The molecule has 0 radical (unpaired) electrons. The van der Waals surface area contributed by atoms with Gasteiger partial charge < -0.3 is 5.73 Å². The largest absolute Gasteiger partial charge is 0.399 e. The zero-order valence-corrected chi connectivity index (χ0v) is 9.42. The van der Waals surface area contributed by atoms with Crippen LogP contribution in [0.2, 0.25) is 0 Å². The maximum absolute atomic E-state index is 13.2. The monoisotopic (exact) mass is 215 g/mol. The number of nitrogen functional groups attached to an aromatic ring is 1. The number of halogens is 1. The molecule has 0 saturated carbocycles. The second kappa shape index (κ2) is 3.97. The molecule has 0 heterocycles. The molecule has 0 amide bonds. The van der Waals surface area contributed by atoms with Crippen LogP contribution in [0.5, 0.6) is 0 Å². The van der Waals surface area contributed by atoms with Crippen LogP contribution in [0.4, 0.5) is 10.1 Å². The van der Waals surface area contributed by atoms with Gasteiger partial charge in [-0.2, -0.15) is 0 Å². The molecular weight excluding hydrogens is 201 g/mol. The van der Waals surface area contributed by atoms with Gasteiger partial charge in [-0.25, -0.2) is 4.39 Å². The fraction of sp³-hybridized carbons (Fsp3) is 0.143. The summed E-state index contributed by atoms with van der Waals surface area (Å²) in [5, 5.41) is 0. The summed E-state index contributed by atoms with van der Waals surface area (Å²) in [6, 6.07) is 10.9. The minimum Gasteiger partial charge on any atom is -0.399 e. The average molecular weight is 215 g/mol. The molecule has 82 valence electrons. The van der Waals surface area contributed by atoms with Crippen LogP contribution in [-0.4, -0.2) is 0 Å². The van der Waals surface area contributed by atoms with E-state index in [1.54, 1.807) is 13.0 Å². The summed E-state index contributed by atoms with van der Waals surface area (Å²) in [5.41, 5.74) is 10.3. The molecule has 0 bridgehead atoms. The van der Waals surface area contributed by atoms with E-state index >= 15 is 0 Å². The van der Waals surface area contributed by atoms with Crippen LogP contribution in [0.1, 0.15) is 11.1 Å². The molecule has 0 aliphatic carbocycles. The van der Waals surface area contributed by atoms with Crippen LogP contribution in [0, 0.1) is 19.7 Å². The molecule has 16 heavy (non-hydrogen) atoms. The Kier molecular flexibility index (Phi) is 2.65. The number of aryl methyl sites for hydroxylation is 2. The Labute approximate surface area is 94.7 Å². The highest BCUT2D eigenvalue weighted by Gasteiger charge is 2.04. The zero-order valence-electron chi connectivity index (χ0n) is 9.42. The Bertz CT molecular complexity index is 532. The summed E-state index contributed by atoms with van der Waals surface area (Å²) >= 11 is 0. The lowest BCUT2D eigenvalue weighted by Crippen LogP contribution is -1.90. The summed E-state index contributed by atoms with van der Waals surface area (Å²) < 4.78 is 13.2. The van der Waals surface area contributed by atoms with E-state index < -0.39 is 0 Å². The van der Waals surface area contributed by atoms with Crippen molar-refractivity contribution >= 4 is 5.69 Å². The lowest BCUT2D eigenvalue weighted by atomic mass is 9.98. The van der Waals surface area contributed by atoms with E-state index in [4.69, 9.17) is 5.73 Å². The van der Waals surface area contributed by atoms with E-state index in [1.165, 1.54) is 6.07 Å². The third-order valence-corrected chi connectivity index (χ3v) is 2.72. The van der Waals surface area contributed by atoms with Gasteiger partial charge in [0.25, 0.3) is 0 Å². The first-order valence-electron chi connectivity index (χ1n) is 5.20. The molecule has 0 fully saturated rings. The fourth-order valence-electron chi connectivity index (χ4n) is 1.82. The molecule has 0 saturated heterocycles. The Morgan fingerprint density at radius 1 is 0.938 bits per heavy atom. The van der Waals surface area contributed by atoms with Crippen molar-refractivity contribution in [2.45, 2.75) is 13.8 Å². The van der Waals surface area contributed by atoms with Crippen LogP contribution in [0.15, 0.2) is 36.4 Å². The fourth-order valence-corrected chi connectivity index (χ4v) is 1.82. The van der Waals surface area contributed by atoms with Crippen LogP contribution >= 0.6 is 0 Å². The van der Waals surface area contributed by atoms with Crippen LogP contribution in [0.3, 0.4) is 0 Å². The van der Waals surface area contributed by atoms with Crippen LogP contribution in [0.25, 0.3) is 11.1 Å². The molecule has 0 spiro atoms. The van der Waals surface area contributed by atoms with E-state index in [-0.39, 0.29) is 5.82 Å². The van der Waals surface area contributed by atoms with Crippen molar-refractivity contribution in [1.29, 1.82) is 0 Å². The summed E-state index contributed by atoms with van der Waals surface area (Å²) in [4.78, 5) is 0. The lowest BCUT2D eigenvalue weighted by molar-refractivity contribution is 0.619. The van der Waals surface area contributed by atoms with E-state index in [9.17, 15) is 4.39 Å². The summed E-state index contributed by atoms with van der Waals surface area (Å²) in [7, 11) is 0. The van der Waals surface area contributed by atoms with Gasteiger partial charge in [-0.05, 0) is 60.4 Å². The third kappa shape index (κ3) is 1.91. The standard InChI is InChI=1S/C14H14FN/c1-9-8-12(16)4-5-13(9)11-3-6-14(15)10(2)7-11/h3-8H,16H2,1-2H3. The molecule has 2 aromatic carbocycles. The first kappa shape index (κ1) is 10.7. The molecule has 0 aromatic heterocycles. The Morgan fingerprint density at radius 2 is 1.69 bits per heavy atom. The highest BCUT2D eigenvalue weighted by atomic mass is 19.1. The van der Waals surface area contributed by atoms with E-state index in [2.05, 4.69) is 0 Å². The van der Waals surface area contributed by atoms with E-state index in [0.717, 1.165) is 22.4 Å². The highest BCUT2D eigenvalue weighted by molar-refractivity contribution is 5.70. The predicted molar refractivity (Wildman–Crippen MR) is 65.7 cm³/mol. The van der Waals surface area contributed by atoms with Gasteiger partial charge in [0.2, 0.25) is 0 Å². The molecule has 2 heteroatoms. The second-order valence-electron chi connectivity index (χ2n) is 4.04. The van der Waals surface area contributed by atoms with Gasteiger partial charge in [0.15, 0.2) is 0 Å². The SMILES string of the molecule is Cc1cc(-c2ccc(N)cc2C)ccc1F. The Balaban J connectivity index is 2.54. The normalized spacial score (nSPS) is 10.4. The van der Waals surface area contributed by atoms with Gasteiger partial charge in [-0.15, -0.1) is 0 Å². The molecular formula is C14H14FN. The second-order valence-corrected chi connectivity index (χ2v) is 4.04. The average Bonchev–Trinajstić information content (AvgIpc) is 2.22. The van der Waals surface area contributed by atoms with Gasteiger partial charge in [0.05, 0.1) is 0 Å². The van der Waals surface area contributed by atoms with Crippen LogP contribution < -0.4 is 5.73 Å². The summed E-state index contributed by atoms with van der Waals surface area (Å²) in [5.74, 6) is -0.170. The number of hydrogen-bond acceptors (Lipinski definition) is 1. The molecule has 0 atom stereocenters. The van der Waals surface area contributed by atoms with Gasteiger partial charge in [-0.1, -0.05) is 12.1 Å². The predicted octanol–water partition coefficient (Wildman–Crippen LogP) is 3.69. The number of nitrogens with two attached hydrogens (primary N) is 1. The van der Waals surface area contributed by atoms with Crippen molar-refractivity contribution in [3.05, 3.63) is 53.3 Å². The molecule has 2 N–H and O–H groups in total. The zero-order chi connectivity index (χ0) is 11.7. The third-order valence-electron chi connectivity index (χ3n) is 2.72. The van der Waals surface area contributed by atoms with Gasteiger partial charge in [-0.3, -0.25) is 0 Å². The quantitative estimate of drug-likeness (QED) is 0.721. The van der Waals surface area contributed by atoms with Crippen molar-refractivity contribution in [3.8, 4) is 11.1 Å². The summed E-state index contributed by atoms with van der Waals surface area (Å²) in [6.45, 7) is 3.77. The lowest BCUT2D eigenvalue weighted by Gasteiger charge is -2.08. The molecule has 0 aliphatic rings. The first-order chi connectivity index (χ1) is 7.58. The number of anilines is 1. The van der Waals surface area contributed by atoms with Gasteiger partial charge >= 0.3 is 0 Å². The van der Waals surface area contributed by atoms with Gasteiger partial charge in [0.1, 0.15) is 5.82 Å². The van der Waals surface area contributed by atoms with Crippen molar-refractivity contribution in [3.63, 3.8) is 0 Å². The van der Waals surface area contributed by atoms with Crippen molar-refractivity contribution < 1.29 is 4.39 Å². The van der Waals surface area contributed by atoms with Crippen molar-refractivity contribution in [2.75, 3.05) is 5.73 Å². The first-order valence-corrected chi connectivity index (χ1v) is 5.20. The molecule has 2 rings (SSSR count). The highest BCUT2D eigenvalue weighted by Crippen LogP contribution is 2.26. The maximum Gasteiger partial charge on any atom is 0.126 e. The van der Waals surface area contributed by atoms with Crippen LogP contribution in [-0.2, 0) is 0 Å². The van der Waals surface area contributed by atoms with Gasteiger partial charge in [0, 0.05) is 5.69 Å². The number of rotatable bonds is 1. The summed E-state index contributed by atoms with van der Waals surface area (Å²) in [6.07, 6.45) is 0.